The van der Waals surface area contributed by atoms with Gasteiger partial charge in [-0.15, -0.1) is 9.42 Å². The van der Waals surface area contributed by atoms with Crippen LogP contribution in [-0.2, 0) is 13.9 Å². The normalized spacial score (nSPS) is 12.0. The summed E-state index contributed by atoms with van der Waals surface area (Å²) >= 11 is 0. The molecular weight excluding hydrogens is 565 g/mol. The third kappa shape index (κ3) is 38.1. The Bertz CT molecular complexity index is 515. The van der Waals surface area contributed by atoms with Crippen LogP contribution in [0.2, 0.25) is 0 Å². The third-order valence-corrected chi connectivity index (χ3v) is 9.48. The van der Waals surface area contributed by atoms with Crippen LogP contribution < -0.4 is 0 Å². The second-order valence-electron chi connectivity index (χ2n) is 13.4. The minimum absolute atomic E-state index is 0.167. The van der Waals surface area contributed by atoms with Gasteiger partial charge < -0.3 is 0 Å². The molecule has 264 valence electrons. The minimum Gasteiger partial charge on any atom is -0.296 e. The minimum atomic E-state index is -2.54. The first-order valence-electron chi connectivity index (χ1n) is 19.9. The Balaban J connectivity index is 3.68. The van der Waals surface area contributed by atoms with E-state index in [0.717, 1.165) is 25.9 Å². The predicted octanol–water partition coefficient (Wildman–Crippen LogP) is 13.4. The lowest BCUT2D eigenvalue weighted by atomic mass is 10.0. The van der Waals surface area contributed by atoms with Crippen molar-refractivity contribution < 1.29 is 18.8 Å². The quantitative estimate of drug-likeness (QED) is 0.0410. The van der Waals surface area contributed by atoms with E-state index in [1.54, 1.807) is 0 Å². The number of hydroxylamine groups is 2. The summed E-state index contributed by atoms with van der Waals surface area (Å²) < 4.78 is 15.6. The topological polar surface area (TPSA) is 59.0 Å². The Morgan fingerprint density at radius 2 is 0.659 bits per heavy atom. The molecule has 0 saturated carbocycles. The molecule has 0 aromatic carbocycles. The fourth-order valence-corrected chi connectivity index (χ4v) is 6.43. The van der Waals surface area contributed by atoms with Crippen molar-refractivity contribution in [3.8, 4) is 0 Å². The van der Waals surface area contributed by atoms with Gasteiger partial charge in [0.1, 0.15) is 6.61 Å². The molecule has 0 aromatic heterocycles. The Hall–Kier alpha value is -0.0600. The molecule has 0 radical (unpaired) electrons. The maximum Gasteiger partial charge on any atom is 0.694 e. The maximum atomic E-state index is 10.8. The van der Waals surface area contributed by atoms with Gasteiger partial charge in [0.05, 0.1) is 6.61 Å². The average molecular weight is 645 g/mol. The predicted molar refractivity (Wildman–Crippen MR) is 192 cm³/mol. The molecule has 0 amide bonds. The molecule has 0 rings (SSSR count). The van der Waals surface area contributed by atoms with Gasteiger partial charge in [-0.2, -0.15) is 5.06 Å². The van der Waals surface area contributed by atoms with Crippen LogP contribution in [0.4, 0.5) is 0 Å². The Kier molecular flexibility index (Phi) is 39.1. The van der Waals surface area contributed by atoms with Gasteiger partial charge in [0, 0.05) is 17.7 Å². The van der Waals surface area contributed by atoms with Crippen LogP contribution in [0, 0.1) is 0 Å². The van der Waals surface area contributed by atoms with Crippen molar-refractivity contribution in [3.05, 3.63) is 0 Å². The maximum absolute atomic E-state index is 10.8. The summed E-state index contributed by atoms with van der Waals surface area (Å²) in [5.74, 6) is 0. The van der Waals surface area contributed by atoms with E-state index in [-0.39, 0.29) is 6.61 Å². The van der Waals surface area contributed by atoms with Crippen molar-refractivity contribution in [2.24, 2.45) is 0 Å². The summed E-state index contributed by atoms with van der Waals surface area (Å²) in [6, 6.07) is 0. The smallest absolute Gasteiger partial charge is 0.296 e. The molecule has 0 spiro atoms. The lowest BCUT2D eigenvalue weighted by molar-refractivity contribution is -0.165. The van der Waals surface area contributed by atoms with Crippen LogP contribution in [0.1, 0.15) is 219 Å². The molecule has 0 fully saturated rings. The van der Waals surface area contributed by atoms with Crippen molar-refractivity contribution in [2.45, 2.75) is 219 Å². The van der Waals surface area contributed by atoms with Gasteiger partial charge in [0.25, 0.3) is 0 Å². The summed E-state index contributed by atoms with van der Waals surface area (Å²) in [7, 11) is -2.54. The van der Waals surface area contributed by atoms with E-state index in [1.165, 1.54) is 193 Å². The molecule has 44 heavy (non-hydrogen) atoms. The van der Waals surface area contributed by atoms with Crippen molar-refractivity contribution in [2.75, 3.05) is 26.3 Å². The van der Waals surface area contributed by atoms with Gasteiger partial charge in [-0.3, -0.25) is 4.84 Å². The van der Waals surface area contributed by atoms with Gasteiger partial charge in [0.2, 0.25) is 0 Å². The van der Waals surface area contributed by atoms with Gasteiger partial charge >= 0.3 is 8.25 Å². The van der Waals surface area contributed by atoms with E-state index in [4.69, 9.17) is 14.3 Å². The molecule has 0 aliphatic rings. The molecule has 0 saturated heterocycles. The van der Waals surface area contributed by atoms with E-state index in [1.807, 2.05) is 0 Å². The summed E-state index contributed by atoms with van der Waals surface area (Å²) in [4.78, 5) is 14.8. The van der Waals surface area contributed by atoms with Gasteiger partial charge in [0.15, 0.2) is 0 Å². The van der Waals surface area contributed by atoms with Crippen molar-refractivity contribution >= 4 is 8.25 Å². The molecule has 0 bridgehead atoms. The highest BCUT2D eigenvalue weighted by atomic mass is 31.1. The zero-order chi connectivity index (χ0) is 32.0. The number of unbranched alkanes of at least 4 members (excludes halogenated alkanes) is 30. The highest BCUT2D eigenvalue weighted by molar-refractivity contribution is 7.32. The monoisotopic (exact) mass is 645 g/mol. The summed E-state index contributed by atoms with van der Waals surface area (Å²) in [5, 5.41) is 2.08. The summed E-state index contributed by atoms with van der Waals surface area (Å²) in [6.07, 6.45) is 44.2. The molecule has 1 N–H and O–H groups in total. The fourth-order valence-electron chi connectivity index (χ4n) is 6.20. The molecule has 5 nitrogen and oxygen atoms in total. The van der Waals surface area contributed by atoms with Crippen LogP contribution in [0.3, 0.4) is 0 Å². The first kappa shape index (κ1) is 43.9. The largest absolute Gasteiger partial charge is 0.694 e. The standard InChI is InChI=1S/C38H78NO4P/c1-3-5-7-9-11-13-15-17-19-21-23-25-27-29-31-33-35-39(42-37-38-43-44(40)41)36-34-32-30-28-26-24-22-20-18-16-14-12-10-8-6-4-2/h3-38H2,1-2H3/p+1. The molecule has 1 atom stereocenters. The van der Waals surface area contributed by atoms with E-state index in [0.29, 0.717) is 6.61 Å². The number of rotatable bonds is 39. The molecule has 0 aliphatic heterocycles. The van der Waals surface area contributed by atoms with Crippen molar-refractivity contribution in [1.82, 2.24) is 5.06 Å². The summed E-state index contributed by atoms with van der Waals surface area (Å²) in [6.45, 7) is 6.99. The molecule has 0 heterocycles. The summed E-state index contributed by atoms with van der Waals surface area (Å²) in [5.41, 5.74) is 0. The van der Waals surface area contributed by atoms with Crippen LogP contribution in [0.25, 0.3) is 0 Å². The number of nitrogens with zero attached hydrogens (tertiary/aromatic N) is 1. The van der Waals surface area contributed by atoms with Crippen LogP contribution in [0.15, 0.2) is 0 Å². The van der Waals surface area contributed by atoms with E-state index in [9.17, 15) is 4.57 Å². The van der Waals surface area contributed by atoms with Crippen molar-refractivity contribution in [3.63, 3.8) is 0 Å². The zero-order valence-electron chi connectivity index (χ0n) is 30.0. The zero-order valence-corrected chi connectivity index (χ0v) is 30.9. The molecular formula is C38H79NO4P+. The molecule has 1 unspecified atom stereocenters. The SMILES string of the molecule is CCCCCCCCCCCCCCCCCCN(CCCCCCCCCCCCCCCCCC)OCCO[P+](=O)O. The molecule has 0 aromatic rings. The number of hydrogen-bond donors (Lipinski definition) is 1. The molecule has 0 aliphatic carbocycles. The fraction of sp³-hybridized carbons (Fsp3) is 1.00. The van der Waals surface area contributed by atoms with Gasteiger partial charge in [-0.1, -0.05) is 206 Å². The van der Waals surface area contributed by atoms with Crippen LogP contribution >= 0.6 is 8.25 Å². The lowest BCUT2D eigenvalue weighted by Gasteiger charge is -2.21. The van der Waals surface area contributed by atoms with E-state index < -0.39 is 8.25 Å². The van der Waals surface area contributed by atoms with Gasteiger partial charge in [-0.05, 0) is 12.8 Å². The third-order valence-electron chi connectivity index (χ3n) is 9.08. The second kappa shape index (κ2) is 39.1. The van der Waals surface area contributed by atoms with Crippen LogP contribution in [0.5, 0.6) is 0 Å². The Labute approximate surface area is 277 Å². The Morgan fingerprint density at radius 1 is 0.409 bits per heavy atom. The first-order valence-corrected chi connectivity index (χ1v) is 21.0. The van der Waals surface area contributed by atoms with Crippen LogP contribution in [-0.4, -0.2) is 36.3 Å². The molecule has 6 heteroatoms. The van der Waals surface area contributed by atoms with E-state index >= 15 is 0 Å². The highest BCUT2D eigenvalue weighted by Gasteiger charge is 2.12. The number of hydrogen-bond acceptors (Lipinski definition) is 4. The lowest BCUT2D eigenvalue weighted by Crippen LogP contribution is -2.28. The van der Waals surface area contributed by atoms with Gasteiger partial charge in [-0.25, -0.2) is 0 Å². The highest BCUT2D eigenvalue weighted by Crippen LogP contribution is 2.17. The van der Waals surface area contributed by atoms with E-state index in [2.05, 4.69) is 18.9 Å². The Morgan fingerprint density at radius 3 is 0.909 bits per heavy atom. The average Bonchev–Trinajstić information content (AvgIpc) is 3.02. The van der Waals surface area contributed by atoms with Crippen molar-refractivity contribution in [1.29, 1.82) is 0 Å². The first-order chi connectivity index (χ1) is 21.7. The second-order valence-corrected chi connectivity index (χ2v) is 14.2.